The van der Waals surface area contributed by atoms with Crippen molar-refractivity contribution in [2.45, 2.75) is 26.8 Å². The Hall–Kier alpha value is -4.21. The first-order valence-corrected chi connectivity index (χ1v) is 13.4. The van der Waals surface area contributed by atoms with Gasteiger partial charge in [0.2, 0.25) is 11.9 Å². The van der Waals surface area contributed by atoms with E-state index in [1.807, 2.05) is 24.3 Å². The number of rotatable bonds is 5. The van der Waals surface area contributed by atoms with Gasteiger partial charge >= 0.3 is 0 Å². The minimum absolute atomic E-state index is 0. The van der Waals surface area contributed by atoms with Gasteiger partial charge in [0.15, 0.2) is 0 Å². The Kier molecular flexibility index (Phi) is 8.37. The van der Waals surface area contributed by atoms with Crippen LogP contribution in [0.1, 0.15) is 37.0 Å². The molecule has 0 unspecified atom stereocenters. The monoisotopic (exact) mass is 574 g/mol. The van der Waals surface area contributed by atoms with E-state index in [9.17, 15) is 13.6 Å². The molecule has 6 rings (SSSR count). The third-order valence-corrected chi connectivity index (χ3v) is 7.32. The zero-order chi connectivity index (χ0) is 27.6. The number of aliphatic imine (C=N–C) groups is 1. The van der Waals surface area contributed by atoms with Crippen molar-refractivity contribution in [1.82, 2.24) is 15.3 Å². The number of nitrogens with zero attached hydrogens (tertiary/aromatic N) is 3. The van der Waals surface area contributed by atoms with Gasteiger partial charge in [-0.05, 0) is 74.5 Å². The lowest BCUT2D eigenvalue weighted by atomic mass is 9.95. The molecule has 1 aromatic heterocycles. The summed E-state index contributed by atoms with van der Waals surface area (Å²) in [6, 6.07) is 16.2. The van der Waals surface area contributed by atoms with Crippen molar-refractivity contribution in [1.29, 1.82) is 0 Å². The first-order valence-electron chi connectivity index (χ1n) is 13.0. The molecular formula is C31H29ClF2N6O. The van der Waals surface area contributed by atoms with Gasteiger partial charge in [-0.15, -0.1) is 0 Å². The Bertz CT molecular complexity index is 1600. The van der Waals surface area contributed by atoms with Gasteiger partial charge in [0.1, 0.15) is 11.6 Å². The first kappa shape index (κ1) is 28.3. The topological polar surface area (TPSA) is 91.3 Å². The predicted octanol–water partition coefficient (Wildman–Crippen LogP) is 6.74. The SMILES string of the molecule is C.O=C(Nc1ccc(Nc2ncc3c(n2)-c2ccc(Cl)cc2C(c2c(F)cccc2F)=NC3)cc1)C1CCNCC1. The van der Waals surface area contributed by atoms with E-state index in [1.54, 1.807) is 24.4 Å². The Morgan fingerprint density at radius 3 is 2.39 bits per heavy atom. The van der Waals surface area contributed by atoms with E-state index < -0.39 is 11.6 Å². The number of carbonyl (C=O) groups is 1. The van der Waals surface area contributed by atoms with Gasteiger partial charge in [-0.25, -0.2) is 18.7 Å². The standard InChI is InChI=1S/C30H25ClF2N6O.CH4/c31-19-4-9-22-23(14-19)28(26-24(32)2-1-3-25(26)33)35-15-18-16-36-30(39-27(18)22)38-21-7-5-20(6-8-21)37-29(40)17-10-12-34-13-11-17;/h1-9,14,16-17,34H,10-13,15H2,(H,37,40)(H,36,38,39);1H4. The van der Waals surface area contributed by atoms with E-state index in [1.165, 1.54) is 18.2 Å². The Morgan fingerprint density at radius 1 is 0.951 bits per heavy atom. The average molecular weight is 575 g/mol. The van der Waals surface area contributed by atoms with Gasteiger partial charge in [-0.1, -0.05) is 31.2 Å². The number of halogens is 3. The maximum absolute atomic E-state index is 14.8. The van der Waals surface area contributed by atoms with Crippen LogP contribution in [0.2, 0.25) is 5.02 Å². The van der Waals surface area contributed by atoms with Gasteiger partial charge < -0.3 is 16.0 Å². The molecule has 2 aliphatic heterocycles. The summed E-state index contributed by atoms with van der Waals surface area (Å²) < 4.78 is 29.5. The fourth-order valence-electron chi connectivity index (χ4n) is 5.02. The zero-order valence-electron chi connectivity index (χ0n) is 21.3. The van der Waals surface area contributed by atoms with Crippen LogP contribution in [0.15, 0.2) is 71.9 Å². The summed E-state index contributed by atoms with van der Waals surface area (Å²) in [5, 5.41) is 9.86. The quantitative estimate of drug-likeness (QED) is 0.245. The summed E-state index contributed by atoms with van der Waals surface area (Å²) >= 11 is 6.30. The van der Waals surface area contributed by atoms with Crippen LogP contribution < -0.4 is 16.0 Å². The van der Waals surface area contributed by atoms with Gasteiger partial charge in [-0.3, -0.25) is 9.79 Å². The fourth-order valence-corrected chi connectivity index (χ4v) is 5.19. The number of piperidine rings is 1. The number of aromatic nitrogens is 2. The average Bonchev–Trinajstić information content (AvgIpc) is 3.11. The lowest BCUT2D eigenvalue weighted by Crippen LogP contribution is -2.34. The Balaban J connectivity index is 0.00000337. The maximum atomic E-state index is 14.8. The van der Waals surface area contributed by atoms with Crippen molar-refractivity contribution in [2.75, 3.05) is 23.7 Å². The molecular weight excluding hydrogens is 546 g/mol. The second-order valence-electron chi connectivity index (χ2n) is 9.73. The second-order valence-corrected chi connectivity index (χ2v) is 10.2. The molecule has 2 aliphatic rings. The molecule has 1 fully saturated rings. The second kappa shape index (κ2) is 12.1. The van der Waals surface area contributed by atoms with Crippen LogP contribution in [0.3, 0.4) is 0 Å². The van der Waals surface area contributed by atoms with E-state index in [-0.39, 0.29) is 37.1 Å². The molecule has 41 heavy (non-hydrogen) atoms. The van der Waals surface area contributed by atoms with Crippen LogP contribution in [0.4, 0.5) is 26.1 Å². The molecule has 3 heterocycles. The van der Waals surface area contributed by atoms with E-state index in [0.29, 0.717) is 39.0 Å². The van der Waals surface area contributed by atoms with Gasteiger partial charge in [0.25, 0.3) is 0 Å². The highest BCUT2D eigenvalue weighted by Crippen LogP contribution is 2.35. The minimum Gasteiger partial charge on any atom is -0.326 e. The van der Waals surface area contributed by atoms with Crippen molar-refractivity contribution in [3.63, 3.8) is 0 Å². The largest absolute Gasteiger partial charge is 0.326 e. The highest BCUT2D eigenvalue weighted by Gasteiger charge is 2.25. The number of nitrogens with one attached hydrogen (secondary N) is 3. The smallest absolute Gasteiger partial charge is 0.227 e. The number of anilines is 3. The summed E-state index contributed by atoms with van der Waals surface area (Å²) in [5.74, 6) is -1.03. The first-order chi connectivity index (χ1) is 19.5. The van der Waals surface area contributed by atoms with Gasteiger partial charge in [0, 0.05) is 45.2 Å². The van der Waals surface area contributed by atoms with Crippen molar-refractivity contribution >= 4 is 40.5 Å². The third-order valence-electron chi connectivity index (χ3n) is 7.08. The molecule has 4 aromatic rings. The normalized spacial score (nSPS) is 14.6. The van der Waals surface area contributed by atoms with Gasteiger partial charge in [-0.2, -0.15) is 0 Å². The zero-order valence-corrected chi connectivity index (χ0v) is 22.1. The molecule has 0 aliphatic carbocycles. The summed E-state index contributed by atoms with van der Waals surface area (Å²) in [6.45, 7) is 1.84. The summed E-state index contributed by atoms with van der Waals surface area (Å²) in [7, 11) is 0. The molecule has 3 N–H and O–H groups in total. The lowest BCUT2D eigenvalue weighted by molar-refractivity contribution is -0.120. The van der Waals surface area contributed by atoms with Crippen LogP contribution in [0.25, 0.3) is 11.3 Å². The van der Waals surface area contributed by atoms with E-state index in [2.05, 4.69) is 25.9 Å². The van der Waals surface area contributed by atoms with Crippen LogP contribution in [-0.2, 0) is 11.3 Å². The number of amides is 1. The Morgan fingerprint density at radius 2 is 1.66 bits per heavy atom. The molecule has 0 spiro atoms. The lowest BCUT2D eigenvalue weighted by Gasteiger charge is -2.21. The van der Waals surface area contributed by atoms with E-state index in [4.69, 9.17) is 16.6 Å². The van der Waals surface area contributed by atoms with Crippen molar-refractivity contribution < 1.29 is 13.6 Å². The van der Waals surface area contributed by atoms with Crippen LogP contribution in [-0.4, -0.2) is 34.7 Å². The van der Waals surface area contributed by atoms with E-state index in [0.717, 1.165) is 31.6 Å². The Labute approximate surface area is 242 Å². The minimum atomic E-state index is -0.709. The molecule has 0 bridgehead atoms. The maximum Gasteiger partial charge on any atom is 0.227 e. The third kappa shape index (κ3) is 5.96. The highest BCUT2D eigenvalue weighted by molar-refractivity contribution is 6.31. The molecule has 1 amide bonds. The molecule has 0 saturated carbocycles. The molecule has 7 nitrogen and oxygen atoms in total. The number of carbonyl (C=O) groups excluding carboxylic acids is 1. The van der Waals surface area contributed by atoms with Crippen molar-refractivity contribution in [3.05, 3.63) is 100 Å². The van der Waals surface area contributed by atoms with Crippen molar-refractivity contribution in [2.24, 2.45) is 10.9 Å². The highest BCUT2D eigenvalue weighted by atomic mass is 35.5. The molecule has 3 aromatic carbocycles. The van der Waals surface area contributed by atoms with Gasteiger partial charge in [0.05, 0.1) is 23.5 Å². The predicted molar refractivity (Wildman–Crippen MR) is 159 cm³/mol. The van der Waals surface area contributed by atoms with Crippen LogP contribution in [0, 0.1) is 17.6 Å². The number of fused-ring (bicyclic) bond motifs is 3. The number of hydrogen-bond acceptors (Lipinski definition) is 6. The molecule has 0 atom stereocenters. The molecule has 210 valence electrons. The van der Waals surface area contributed by atoms with E-state index >= 15 is 0 Å². The summed E-state index contributed by atoms with van der Waals surface area (Å²) in [5.41, 5.74) is 3.82. The molecule has 10 heteroatoms. The van der Waals surface area contributed by atoms with Crippen LogP contribution >= 0.6 is 11.6 Å². The van der Waals surface area contributed by atoms with Crippen molar-refractivity contribution in [3.8, 4) is 11.3 Å². The number of hydrogen-bond donors (Lipinski definition) is 3. The number of benzene rings is 3. The summed E-state index contributed by atoms with van der Waals surface area (Å²) in [4.78, 5) is 26.3. The fraction of sp³-hybridized carbons (Fsp3) is 0.226. The van der Waals surface area contributed by atoms with Crippen LogP contribution in [0.5, 0.6) is 0 Å². The molecule has 0 radical (unpaired) electrons. The molecule has 1 saturated heterocycles. The summed E-state index contributed by atoms with van der Waals surface area (Å²) in [6.07, 6.45) is 3.32.